The first-order valence-electron chi connectivity index (χ1n) is 5.62. The number of rotatable bonds is 6. The maximum Gasteiger partial charge on any atom is 0.270 e. The molecule has 6 nitrogen and oxygen atoms in total. The topological polar surface area (TPSA) is 103 Å². The van der Waals surface area contributed by atoms with Crippen molar-refractivity contribution in [2.45, 2.75) is 24.3 Å². The van der Waals surface area contributed by atoms with Gasteiger partial charge in [-0.05, 0) is 31.5 Å². The minimum absolute atomic E-state index is 0.0812. The van der Waals surface area contributed by atoms with Crippen LogP contribution < -0.4 is 5.73 Å². The van der Waals surface area contributed by atoms with E-state index in [0.29, 0.717) is 12.0 Å². The van der Waals surface area contributed by atoms with E-state index in [1.54, 1.807) is 6.92 Å². The average Bonchev–Trinajstić information content (AvgIpc) is 2.31. The third-order valence-electron chi connectivity index (χ3n) is 2.79. The molecule has 1 aromatic rings. The van der Waals surface area contributed by atoms with E-state index in [2.05, 4.69) is 0 Å². The molecule has 8 heteroatoms. The summed E-state index contributed by atoms with van der Waals surface area (Å²) < 4.78 is 24.0. The summed E-state index contributed by atoms with van der Waals surface area (Å²) in [4.78, 5) is 9.98. The predicted molar refractivity (Wildman–Crippen MR) is 73.9 cm³/mol. The Bertz CT molecular complexity index is 574. The van der Waals surface area contributed by atoms with Crippen LogP contribution in [0.3, 0.4) is 0 Å². The first-order chi connectivity index (χ1) is 8.77. The van der Waals surface area contributed by atoms with Gasteiger partial charge in [0.1, 0.15) is 0 Å². The van der Waals surface area contributed by atoms with Crippen molar-refractivity contribution in [3.63, 3.8) is 0 Å². The molecular formula is C11H15ClN2O4S. The number of benzene rings is 1. The Labute approximate surface area is 116 Å². The van der Waals surface area contributed by atoms with E-state index in [1.807, 2.05) is 0 Å². The van der Waals surface area contributed by atoms with Crippen molar-refractivity contribution >= 4 is 27.1 Å². The highest BCUT2D eigenvalue weighted by molar-refractivity contribution is 7.91. The Kier molecular flexibility index (Phi) is 5.28. The third-order valence-corrected chi connectivity index (χ3v) is 5.32. The zero-order valence-electron chi connectivity index (χ0n) is 10.4. The van der Waals surface area contributed by atoms with Gasteiger partial charge < -0.3 is 5.73 Å². The fourth-order valence-corrected chi connectivity index (χ4v) is 3.33. The molecule has 2 N–H and O–H groups in total. The molecule has 0 spiro atoms. The number of nitrogens with two attached hydrogens (primary N) is 1. The van der Waals surface area contributed by atoms with Crippen LogP contribution in [-0.2, 0) is 15.6 Å². The summed E-state index contributed by atoms with van der Waals surface area (Å²) >= 11 is 5.87. The van der Waals surface area contributed by atoms with E-state index in [-0.39, 0.29) is 23.0 Å². The smallest absolute Gasteiger partial charge is 0.270 e. The standard InChI is InChI=1S/C11H15ClN2O4S/c1-8(4-5-13)19(17,18)7-9-2-3-10(14(15)16)6-11(9)12/h2-3,6,8H,4-5,7,13H2,1H3. The van der Waals surface area contributed by atoms with E-state index in [1.165, 1.54) is 12.1 Å². The highest BCUT2D eigenvalue weighted by atomic mass is 35.5. The van der Waals surface area contributed by atoms with Gasteiger partial charge in [0.25, 0.3) is 5.69 Å². The SMILES string of the molecule is CC(CCN)S(=O)(=O)Cc1ccc([N+](=O)[O-])cc1Cl. The summed E-state index contributed by atoms with van der Waals surface area (Å²) in [5.74, 6) is -0.245. The second kappa shape index (κ2) is 6.31. The summed E-state index contributed by atoms with van der Waals surface area (Å²) in [5, 5.41) is 10.1. The van der Waals surface area contributed by atoms with Gasteiger partial charge in [0.15, 0.2) is 9.84 Å². The monoisotopic (exact) mass is 306 g/mol. The van der Waals surface area contributed by atoms with Gasteiger partial charge in [0.05, 0.1) is 20.9 Å². The number of nitro groups is 1. The van der Waals surface area contributed by atoms with E-state index in [0.717, 1.165) is 6.07 Å². The molecule has 0 amide bonds. The van der Waals surface area contributed by atoms with Crippen LogP contribution in [0.15, 0.2) is 18.2 Å². The van der Waals surface area contributed by atoms with Crippen molar-refractivity contribution in [1.82, 2.24) is 0 Å². The number of nitrogens with zero attached hydrogens (tertiary/aromatic N) is 1. The molecule has 0 aliphatic rings. The Hall–Kier alpha value is -1.18. The van der Waals surface area contributed by atoms with Gasteiger partial charge in [0.2, 0.25) is 0 Å². The van der Waals surface area contributed by atoms with Crippen LogP contribution >= 0.6 is 11.6 Å². The molecule has 1 rings (SSSR count). The second-order valence-electron chi connectivity index (χ2n) is 4.23. The number of hydrogen-bond acceptors (Lipinski definition) is 5. The lowest BCUT2D eigenvalue weighted by Gasteiger charge is -2.12. The minimum atomic E-state index is -3.37. The van der Waals surface area contributed by atoms with Crippen molar-refractivity contribution in [1.29, 1.82) is 0 Å². The van der Waals surface area contributed by atoms with Crippen molar-refractivity contribution in [2.24, 2.45) is 5.73 Å². The van der Waals surface area contributed by atoms with Crippen LogP contribution in [0.25, 0.3) is 0 Å². The first kappa shape index (κ1) is 15.9. The van der Waals surface area contributed by atoms with Crippen molar-refractivity contribution < 1.29 is 13.3 Å². The summed E-state index contributed by atoms with van der Waals surface area (Å²) in [5.41, 5.74) is 5.53. The van der Waals surface area contributed by atoms with Crippen molar-refractivity contribution in [3.8, 4) is 0 Å². The molecule has 0 saturated heterocycles. The van der Waals surface area contributed by atoms with Crippen molar-refractivity contribution in [3.05, 3.63) is 38.9 Å². The molecule has 1 unspecified atom stereocenters. The van der Waals surface area contributed by atoms with Crippen LogP contribution in [0.1, 0.15) is 18.9 Å². The molecule has 1 atom stereocenters. The lowest BCUT2D eigenvalue weighted by molar-refractivity contribution is -0.384. The average molecular weight is 307 g/mol. The number of non-ortho nitro benzene ring substituents is 1. The number of hydrogen-bond donors (Lipinski definition) is 1. The van der Waals surface area contributed by atoms with E-state index >= 15 is 0 Å². The van der Waals surface area contributed by atoms with Crippen LogP contribution in [0.4, 0.5) is 5.69 Å². The maximum atomic E-state index is 12.0. The van der Waals surface area contributed by atoms with Gasteiger partial charge >= 0.3 is 0 Å². The normalized spacial score (nSPS) is 13.2. The molecular weight excluding hydrogens is 292 g/mol. The predicted octanol–water partition coefficient (Wildman–Crippen LogP) is 1.90. The van der Waals surface area contributed by atoms with Crippen molar-refractivity contribution in [2.75, 3.05) is 6.54 Å². The summed E-state index contributed by atoms with van der Waals surface area (Å²) in [6, 6.07) is 3.76. The fourth-order valence-electron chi connectivity index (χ4n) is 1.54. The highest BCUT2D eigenvalue weighted by Crippen LogP contribution is 2.25. The Balaban J connectivity index is 2.97. The van der Waals surface area contributed by atoms with Crippen LogP contribution in [-0.4, -0.2) is 25.1 Å². The summed E-state index contributed by atoms with van der Waals surface area (Å²) in [7, 11) is -3.37. The molecule has 0 heterocycles. The van der Waals surface area contributed by atoms with E-state index in [9.17, 15) is 18.5 Å². The Morgan fingerprint density at radius 2 is 2.11 bits per heavy atom. The number of sulfone groups is 1. The molecule has 0 fully saturated rings. The zero-order chi connectivity index (χ0) is 14.6. The van der Waals surface area contributed by atoms with Crippen LogP contribution in [0.5, 0.6) is 0 Å². The molecule has 0 bridgehead atoms. The highest BCUT2D eigenvalue weighted by Gasteiger charge is 2.22. The first-order valence-corrected chi connectivity index (χ1v) is 7.71. The van der Waals surface area contributed by atoms with Gasteiger partial charge in [-0.1, -0.05) is 11.6 Å². The van der Waals surface area contributed by atoms with E-state index < -0.39 is 20.0 Å². The quantitative estimate of drug-likeness (QED) is 0.638. The van der Waals surface area contributed by atoms with Gasteiger partial charge in [-0.2, -0.15) is 0 Å². The van der Waals surface area contributed by atoms with E-state index in [4.69, 9.17) is 17.3 Å². The molecule has 106 valence electrons. The summed E-state index contributed by atoms with van der Waals surface area (Å²) in [6.45, 7) is 1.87. The van der Waals surface area contributed by atoms with Gasteiger partial charge in [-0.3, -0.25) is 10.1 Å². The fraction of sp³-hybridized carbons (Fsp3) is 0.455. The molecule has 0 saturated carbocycles. The number of halogens is 1. The molecule has 1 aromatic carbocycles. The van der Waals surface area contributed by atoms with Gasteiger partial charge in [-0.25, -0.2) is 8.42 Å². The molecule has 0 aliphatic heterocycles. The molecule has 0 radical (unpaired) electrons. The molecule has 0 aromatic heterocycles. The largest absolute Gasteiger partial charge is 0.330 e. The number of nitro benzene ring substituents is 1. The molecule has 19 heavy (non-hydrogen) atoms. The lowest BCUT2D eigenvalue weighted by atomic mass is 10.2. The lowest BCUT2D eigenvalue weighted by Crippen LogP contribution is -2.22. The Morgan fingerprint density at radius 1 is 1.47 bits per heavy atom. The zero-order valence-corrected chi connectivity index (χ0v) is 11.9. The second-order valence-corrected chi connectivity index (χ2v) is 7.05. The van der Waals surface area contributed by atoms with Gasteiger partial charge in [-0.15, -0.1) is 0 Å². The summed E-state index contributed by atoms with van der Waals surface area (Å²) in [6.07, 6.45) is 0.368. The molecule has 0 aliphatic carbocycles. The van der Waals surface area contributed by atoms with Gasteiger partial charge in [0, 0.05) is 12.1 Å². The minimum Gasteiger partial charge on any atom is -0.330 e. The maximum absolute atomic E-state index is 12.0. The third kappa shape index (κ3) is 4.15. The van der Waals surface area contributed by atoms with Crippen LogP contribution in [0.2, 0.25) is 5.02 Å². The Morgan fingerprint density at radius 3 is 2.58 bits per heavy atom. The van der Waals surface area contributed by atoms with Crippen LogP contribution in [0, 0.1) is 10.1 Å².